The van der Waals surface area contributed by atoms with Crippen molar-refractivity contribution in [3.05, 3.63) is 62.6 Å². The molecule has 0 heterocycles. The van der Waals surface area contributed by atoms with E-state index >= 15 is 0 Å². The summed E-state index contributed by atoms with van der Waals surface area (Å²) in [5.74, 6) is 0.105. The maximum Gasteiger partial charge on any atom is 0.261 e. The number of carbonyl (C=O) groups is 2. The molecule has 1 atom stereocenters. The normalized spacial score (nSPS) is 11.9. The van der Waals surface area contributed by atoms with Gasteiger partial charge >= 0.3 is 0 Å². The van der Waals surface area contributed by atoms with Crippen molar-refractivity contribution < 1.29 is 14.3 Å². The number of aryl methyl sites for hydroxylation is 2. The number of carbonyl (C=O) groups excluding carboxylic acids is 2. The Bertz CT molecular complexity index is 877. The lowest BCUT2D eigenvalue weighted by atomic mass is 10.1. The molecule has 2 aromatic rings. The highest BCUT2D eigenvalue weighted by Crippen LogP contribution is 2.26. The van der Waals surface area contributed by atoms with Gasteiger partial charge in [-0.3, -0.25) is 9.59 Å². The second-order valence-electron chi connectivity index (χ2n) is 7.65. The smallest absolute Gasteiger partial charge is 0.261 e. The third kappa shape index (κ3) is 6.74. The zero-order chi connectivity index (χ0) is 22.4. The molecule has 30 heavy (non-hydrogen) atoms. The standard InChI is InChI=1S/C23H28BrClN2O3/c1-14(2)26-23(29)17(5)27(12-18-6-8-19(24)9-7-18)21(28)13-30-20-10-15(3)22(25)16(4)11-20/h6-11,14,17H,12-13H2,1-5H3,(H,26,29)/t17-/m0/s1. The van der Waals surface area contributed by atoms with Crippen LogP contribution in [0.5, 0.6) is 5.75 Å². The number of ether oxygens (including phenoxy) is 1. The van der Waals surface area contributed by atoms with Crippen molar-refractivity contribution in [2.45, 2.75) is 53.2 Å². The molecule has 0 aliphatic heterocycles. The summed E-state index contributed by atoms with van der Waals surface area (Å²) in [5.41, 5.74) is 2.69. The number of benzene rings is 2. The topological polar surface area (TPSA) is 58.6 Å². The molecule has 1 N–H and O–H groups in total. The van der Waals surface area contributed by atoms with Crippen molar-refractivity contribution in [1.82, 2.24) is 10.2 Å². The van der Waals surface area contributed by atoms with Gasteiger partial charge in [-0.05, 0) is 75.6 Å². The number of halogens is 2. The van der Waals surface area contributed by atoms with Gasteiger partial charge in [-0.1, -0.05) is 39.7 Å². The van der Waals surface area contributed by atoms with Crippen molar-refractivity contribution in [1.29, 1.82) is 0 Å². The number of nitrogens with one attached hydrogen (secondary N) is 1. The van der Waals surface area contributed by atoms with Crippen LogP contribution in [0.4, 0.5) is 0 Å². The fraction of sp³-hybridized carbons (Fsp3) is 0.391. The molecule has 0 saturated carbocycles. The van der Waals surface area contributed by atoms with Gasteiger partial charge in [-0.2, -0.15) is 0 Å². The number of hydrogen-bond donors (Lipinski definition) is 1. The predicted octanol–water partition coefficient (Wildman–Crippen LogP) is 5.04. The second kappa shape index (κ2) is 10.8. The molecular formula is C23H28BrClN2O3. The minimum atomic E-state index is -0.638. The molecule has 0 fully saturated rings. The van der Waals surface area contributed by atoms with Crippen molar-refractivity contribution in [3.63, 3.8) is 0 Å². The van der Waals surface area contributed by atoms with Crippen LogP contribution >= 0.6 is 27.5 Å². The van der Waals surface area contributed by atoms with Crippen molar-refractivity contribution in [3.8, 4) is 5.75 Å². The molecule has 5 nitrogen and oxygen atoms in total. The molecule has 2 rings (SSSR count). The fourth-order valence-electron chi connectivity index (χ4n) is 2.99. The molecular weight excluding hydrogens is 468 g/mol. The quantitative estimate of drug-likeness (QED) is 0.558. The SMILES string of the molecule is Cc1cc(OCC(=O)N(Cc2ccc(Br)cc2)[C@@H](C)C(=O)NC(C)C)cc(C)c1Cl. The van der Waals surface area contributed by atoms with Crippen LogP contribution in [0.25, 0.3) is 0 Å². The molecule has 0 aromatic heterocycles. The third-order valence-electron chi connectivity index (χ3n) is 4.64. The van der Waals surface area contributed by atoms with Crippen LogP contribution in [0.15, 0.2) is 40.9 Å². The van der Waals surface area contributed by atoms with E-state index in [2.05, 4.69) is 21.2 Å². The summed E-state index contributed by atoms with van der Waals surface area (Å²) in [6, 6.07) is 10.6. The van der Waals surface area contributed by atoms with E-state index in [0.29, 0.717) is 17.3 Å². The predicted molar refractivity (Wildman–Crippen MR) is 124 cm³/mol. The minimum absolute atomic E-state index is 0.0131. The fourth-order valence-corrected chi connectivity index (χ4v) is 3.37. The van der Waals surface area contributed by atoms with Gasteiger partial charge in [0.25, 0.3) is 5.91 Å². The van der Waals surface area contributed by atoms with Gasteiger partial charge in [-0.25, -0.2) is 0 Å². The molecule has 162 valence electrons. The molecule has 2 amide bonds. The molecule has 0 radical (unpaired) electrons. The van der Waals surface area contributed by atoms with E-state index < -0.39 is 6.04 Å². The molecule has 7 heteroatoms. The van der Waals surface area contributed by atoms with Gasteiger partial charge in [0.15, 0.2) is 6.61 Å². The zero-order valence-electron chi connectivity index (χ0n) is 18.0. The number of nitrogens with zero attached hydrogens (tertiary/aromatic N) is 1. The summed E-state index contributed by atoms with van der Waals surface area (Å²) in [5, 5.41) is 3.56. The van der Waals surface area contributed by atoms with Crippen molar-refractivity contribution in [2.24, 2.45) is 0 Å². The molecule has 0 saturated heterocycles. The monoisotopic (exact) mass is 494 g/mol. The molecule has 0 unspecified atom stereocenters. The third-order valence-corrected chi connectivity index (χ3v) is 5.76. The Morgan fingerprint density at radius 2 is 1.67 bits per heavy atom. The summed E-state index contributed by atoms with van der Waals surface area (Å²) < 4.78 is 6.69. The van der Waals surface area contributed by atoms with Crippen molar-refractivity contribution in [2.75, 3.05) is 6.61 Å². The Balaban J connectivity index is 2.18. The van der Waals surface area contributed by atoms with Crippen LogP contribution in [0.1, 0.15) is 37.5 Å². The van der Waals surface area contributed by atoms with Crippen molar-refractivity contribution >= 4 is 39.3 Å². The van der Waals surface area contributed by atoms with Gasteiger partial charge in [0, 0.05) is 22.1 Å². The highest BCUT2D eigenvalue weighted by atomic mass is 79.9. The van der Waals surface area contributed by atoms with E-state index in [1.807, 2.05) is 52.0 Å². The first-order valence-electron chi connectivity index (χ1n) is 9.82. The lowest BCUT2D eigenvalue weighted by Crippen LogP contribution is -2.50. The largest absolute Gasteiger partial charge is 0.484 e. The Morgan fingerprint density at radius 1 is 1.10 bits per heavy atom. The maximum absolute atomic E-state index is 13.0. The van der Waals surface area contributed by atoms with Gasteiger partial charge in [0.1, 0.15) is 11.8 Å². The molecule has 0 aliphatic carbocycles. The van der Waals surface area contributed by atoms with Crippen LogP contribution in [0.3, 0.4) is 0 Å². The van der Waals surface area contributed by atoms with Gasteiger partial charge in [-0.15, -0.1) is 0 Å². The Kier molecular flexibility index (Phi) is 8.74. The highest BCUT2D eigenvalue weighted by Gasteiger charge is 2.27. The summed E-state index contributed by atoms with van der Waals surface area (Å²) in [6.45, 7) is 9.42. The molecule has 2 aromatic carbocycles. The van der Waals surface area contributed by atoms with Crippen LogP contribution in [-0.2, 0) is 16.1 Å². The van der Waals surface area contributed by atoms with Crippen LogP contribution in [0, 0.1) is 13.8 Å². The van der Waals surface area contributed by atoms with Gasteiger partial charge in [0.05, 0.1) is 0 Å². The van der Waals surface area contributed by atoms with Crippen LogP contribution in [-0.4, -0.2) is 35.4 Å². The first-order chi connectivity index (χ1) is 14.1. The first kappa shape index (κ1) is 24.2. The lowest BCUT2D eigenvalue weighted by Gasteiger charge is -2.29. The maximum atomic E-state index is 13.0. The number of hydrogen-bond acceptors (Lipinski definition) is 3. The average molecular weight is 496 g/mol. The molecule has 0 bridgehead atoms. The van der Waals surface area contributed by atoms with E-state index in [4.69, 9.17) is 16.3 Å². The van der Waals surface area contributed by atoms with E-state index in [9.17, 15) is 9.59 Å². The lowest BCUT2D eigenvalue weighted by molar-refractivity contribution is -0.142. The number of rotatable bonds is 8. The highest BCUT2D eigenvalue weighted by molar-refractivity contribution is 9.10. The van der Waals surface area contributed by atoms with E-state index in [0.717, 1.165) is 21.2 Å². The van der Waals surface area contributed by atoms with E-state index in [1.165, 1.54) is 4.90 Å². The Hall–Kier alpha value is -2.05. The summed E-state index contributed by atoms with van der Waals surface area (Å²) in [4.78, 5) is 27.2. The summed E-state index contributed by atoms with van der Waals surface area (Å²) >= 11 is 9.62. The zero-order valence-corrected chi connectivity index (χ0v) is 20.3. The average Bonchev–Trinajstić information content (AvgIpc) is 2.68. The first-order valence-corrected chi connectivity index (χ1v) is 11.0. The van der Waals surface area contributed by atoms with Crippen LogP contribution < -0.4 is 10.1 Å². The van der Waals surface area contributed by atoms with E-state index in [1.54, 1.807) is 19.1 Å². The Morgan fingerprint density at radius 3 is 2.20 bits per heavy atom. The Labute approximate surface area is 191 Å². The van der Waals surface area contributed by atoms with Gasteiger partial charge < -0.3 is 15.0 Å². The summed E-state index contributed by atoms with van der Waals surface area (Å²) in [7, 11) is 0. The second-order valence-corrected chi connectivity index (χ2v) is 8.94. The van der Waals surface area contributed by atoms with E-state index in [-0.39, 0.29) is 24.5 Å². The van der Waals surface area contributed by atoms with Crippen LogP contribution in [0.2, 0.25) is 5.02 Å². The minimum Gasteiger partial charge on any atom is -0.484 e. The molecule has 0 aliphatic rings. The number of amides is 2. The summed E-state index contributed by atoms with van der Waals surface area (Å²) in [6.07, 6.45) is 0. The van der Waals surface area contributed by atoms with Gasteiger partial charge in [0.2, 0.25) is 5.91 Å². The molecule has 0 spiro atoms.